The van der Waals surface area contributed by atoms with Crippen molar-refractivity contribution < 1.29 is 0 Å². The molecule has 1 rings (SSSR count). The van der Waals surface area contributed by atoms with Gasteiger partial charge in [0.15, 0.2) is 0 Å². The molecule has 1 fully saturated rings. The highest BCUT2D eigenvalue weighted by Crippen LogP contribution is 2.28. The van der Waals surface area contributed by atoms with Crippen LogP contribution in [-0.4, -0.2) is 25.0 Å². The Bertz CT molecular complexity index is 240. The minimum absolute atomic E-state index is 0.687. The Balaban J connectivity index is 2.06. The van der Waals surface area contributed by atoms with E-state index in [0.717, 1.165) is 6.42 Å². The largest absolute Gasteiger partial charge is 0.306 e. The highest BCUT2D eigenvalue weighted by atomic mass is 15.1. The molecule has 1 aliphatic carbocycles. The molecule has 97 valence electrons. The van der Waals surface area contributed by atoms with Gasteiger partial charge in [-0.3, -0.25) is 0 Å². The molecule has 1 nitrogen and oxygen atoms in total. The van der Waals surface area contributed by atoms with Crippen molar-refractivity contribution in [2.45, 2.75) is 58.8 Å². The molecule has 0 aromatic carbocycles. The van der Waals surface area contributed by atoms with E-state index in [1.165, 1.54) is 51.6 Å². The molecule has 0 bridgehead atoms. The van der Waals surface area contributed by atoms with Crippen LogP contribution >= 0.6 is 0 Å². The maximum atomic E-state index is 3.47. The van der Waals surface area contributed by atoms with E-state index in [-0.39, 0.29) is 0 Å². The van der Waals surface area contributed by atoms with E-state index >= 15 is 0 Å². The molecule has 0 N–H and O–H groups in total. The van der Waals surface area contributed by atoms with Gasteiger partial charge in [-0.2, -0.15) is 0 Å². The van der Waals surface area contributed by atoms with E-state index in [9.17, 15) is 0 Å². The average molecular weight is 234 g/mol. The van der Waals surface area contributed by atoms with Gasteiger partial charge in [0.25, 0.3) is 0 Å². The number of rotatable bonds is 5. The zero-order chi connectivity index (χ0) is 12.5. The SMILES string of the molecule is CCCN(C)CCCC#CC1CC[C](C)CC1. The van der Waals surface area contributed by atoms with E-state index in [4.69, 9.17) is 0 Å². The Kier molecular flexibility index (Phi) is 7.37. The zero-order valence-electron chi connectivity index (χ0n) is 11.9. The molecule has 0 unspecified atom stereocenters. The van der Waals surface area contributed by atoms with Crippen LogP contribution in [0.25, 0.3) is 0 Å². The van der Waals surface area contributed by atoms with Crippen LogP contribution in [0.5, 0.6) is 0 Å². The minimum atomic E-state index is 0.687. The first kappa shape index (κ1) is 14.6. The summed E-state index contributed by atoms with van der Waals surface area (Å²) in [6.45, 7) is 6.93. The van der Waals surface area contributed by atoms with Crippen LogP contribution in [-0.2, 0) is 0 Å². The van der Waals surface area contributed by atoms with Crippen LogP contribution in [0.15, 0.2) is 0 Å². The molecule has 1 saturated carbocycles. The lowest BCUT2D eigenvalue weighted by atomic mass is 9.83. The first-order valence-corrected chi connectivity index (χ1v) is 7.20. The summed E-state index contributed by atoms with van der Waals surface area (Å²) in [6, 6.07) is 0. The van der Waals surface area contributed by atoms with Gasteiger partial charge in [-0.15, -0.1) is 5.92 Å². The predicted molar refractivity (Wildman–Crippen MR) is 75.7 cm³/mol. The van der Waals surface area contributed by atoms with Crippen molar-refractivity contribution in [3.05, 3.63) is 5.92 Å². The zero-order valence-corrected chi connectivity index (χ0v) is 11.9. The molecule has 0 atom stereocenters. The fraction of sp³-hybridized carbons (Fsp3) is 0.812. The van der Waals surface area contributed by atoms with Crippen molar-refractivity contribution in [3.63, 3.8) is 0 Å². The molecule has 0 spiro atoms. The topological polar surface area (TPSA) is 3.24 Å². The van der Waals surface area contributed by atoms with Crippen molar-refractivity contribution in [3.8, 4) is 11.8 Å². The maximum Gasteiger partial charge on any atom is 0.0203 e. The Morgan fingerprint density at radius 3 is 2.59 bits per heavy atom. The monoisotopic (exact) mass is 234 g/mol. The van der Waals surface area contributed by atoms with E-state index in [1.54, 1.807) is 5.92 Å². The number of unbranched alkanes of at least 4 members (excludes halogenated alkanes) is 1. The summed E-state index contributed by atoms with van der Waals surface area (Å²) in [6.07, 6.45) is 8.76. The van der Waals surface area contributed by atoms with Crippen molar-refractivity contribution in [2.75, 3.05) is 20.1 Å². The number of hydrogen-bond donors (Lipinski definition) is 0. The fourth-order valence-electron chi connectivity index (χ4n) is 2.40. The highest BCUT2D eigenvalue weighted by Gasteiger charge is 2.15. The summed E-state index contributed by atoms with van der Waals surface area (Å²) >= 11 is 0. The van der Waals surface area contributed by atoms with E-state index in [1.807, 2.05) is 0 Å². The quantitative estimate of drug-likeness (QED) is 0.515. The Hall–Kier alpha value is -0.480. The molecule has 1 heteroatoms. The molecule has 17 heavy (non-hydrogen) atoms. The van der Waals surface area contributed by atoms with Gasteiger partial charge in [-0.25, -0.2) is 0 Å². The van der Waals surface area contributed by atoms with Crippen molar-refractivity contribution >= 4 is 0 Å². The smallest absolute Gasteiger partial charge is 0.0203 e. The van der Waals surface area contributed by atoms with Gasteiger partial charge in [0, 0.05) is 12.3 Å². The summed E-state index contributed by atoms with van der Waals surface area (Å²) in [7, 11) is 2.21. The molecular weight excluding hydrogens is 206 g/mol. The van der Waals surface area contributed by atoms with Gasteiger partial charge in [-0.05, 0) is 64.6 Å². The second-order valence-electron chi connectivity index (χ2n) is 5.46. The van der Waals surface area contributed by atoms with E-state index in [0.29, 0.717) is 5.92 Å². The predicted octanol–water partition coefficient (Wildman–Crippen LogP) is 3.90. The normalized spacial score (nSPS) is 18.1. The van der Waals surface area contributed by atoms with Crippen molar-refractivity contribution in [1.82, 2.24) is 4.90 Å². The highest BCUT2D eigenvalue weighted by molar-refractivity contribution is 5.07. The third-order valence-electron chi connectivity index (χ3n) is 3.59. The van der Waals surface area contributed by atoms with Gasteiger partial charge in [0.2, 0.25) is 0 Å². The molecule has 1 aliphatic rings. The first-order chi connectivity index (χ1) is 8.22. The van der Waals surface area contributed by atoms with Crippen LogP contribution in [0, 0.1) is 23.7 Å². The van der Waals surface area contributed by atoms with Gasteiger partial charge in [-0.1, -0.05) is 19.8 Å². The van der Waals surface area contributed by atoms with Crippen molar-refractivity contribution in [1.29, 1.82) is 0 Å². The summed E-state index contributed by atoms with van der Waals surface area (Å²) in [5.74, 6) is 9.21. The van der Waals surface area contributed by atoms with Crippen LogP contribution in [0.2, 0.25) is 0 Å². The first-order valence-electron chi connectivity index (χ1n) is 7.20. The Morgan fingerprint density at radius 2 is 1.94 bits per heavy atom. The van der Waals surface area contributed by atoms with Gasteiger partial charge < -0.3 is 4.90 Å². The van der Waals surface area contributed by atoms with Crippen LogP contribution < -0.4 is 0 Å². The minimum Gasteiger partial charge on any atom is -0.306 e. The summed E-state index contributed by atoms with van der Waals surface area (Å²) in [5.41, 5.74) is 0. The van der Waals surface area contributed by atoms with Gasteiger partial charge in [0.1, 0.15) is 0 Å². The second kappa shape index (κ2) is 8.59. The molecule has 1 radical (unpaired) electrons. The second-order valence-corrected chi connectivity index (χ2v) is 5.46. The molecular formula is C16H28N. The molecule has 0 aromatic rings. The lowest BCUT2D eigenvalue weighted by Crippen LogP contribution is -2.20. The average Bonchev–Trinajstić information content (AvgIpc) is 2.31. The lowest BCUT2D eigenvalue weighted by Gasteiger charge is -2.21. The summed E-state index contributed by atoms with van der Waals surface area (Å²) in [5, 5.41) is 0. The van der Waals surface area contributed by atoms with Crippen LogP contribution in [0.1, 0.15) is 58.8 Å². The number of hydrogen-bond acceptors (Lipinski definition) is 1. The summed E-state index contributed by atoms with van der Waals surface area (Å²) < 4.78 is 0. The third kappa shape index (κ3) is 6.74. The van der Waals surface area contributed by atoms with E-state index < -0.39 is 0 Å². The van der Waals surface area contributed by atoms with Crippen LogP contribution in [0.3, 0.4) is 0 Å². The fourth-order valence-corrected chi connectivity index (χ4v) is 2.40. The molecule has 0 amide bonds. The Morgan fingerprint density at radius 1 is 1.24 bits per heavy atom. The molecule has 0 saturated heterocycles. The molecule has 0 aromatic heterocycles. The Labute approximate surface area is 108 Å². The third-order valence-corrected chi connectivity index (χ3v) is 3.59. The molecule has 0 heterocycles. The van der Waals surface area contributed by atoms with Crippen molar-refractivity contribution in [2.24, 2.45) is 5.92 Å². The lowest BCUT2D eigenvalue weighted by molar-refractivity contribution is 0.332. The van der Waals surface area contributed by atoms with Gasteiger partial charge in [0.05, 0.1) is 0 Å². The van der Waals surface area contributed by atoms with Crippen LogP contribution in [0.4, 0.5) is 0 Å². The standard InChI is InChI=1S/C16H28N/c1-4-13-17(3)14-7-5-6-8-16-11-9-15(2)10-12-16/h16H,4-5,7,9-14H2,1-3H3. The number of nitrogens with zero attached hydrogens (tertiary/aromatic N) is 1. The molecule has 0 aliphatic heterocycles. The summed E-state index contributed by atoms with van der Waals surface area (Å²) in [4.78, 5) is 2.40. The maximum absolute atomic E-state index is 3.47. The van der Waals surface area contributed by atoms with E-state index in [2.05, 4.69) is 37.6 Å². The van der Waals surface area contributed by atoms with Gasteiger partial charge >= 0.3 is 0 Å².